The molecule has 0 heterocycles. The van der Waals surface area contributed by atoms with Crippen molar-refractivity contribution in [3.63, 3.8) is 0 Å². The maximum Gasteiger partial charge on any atom is 0.160 e. The molecule has 0 saturated heterocycles. The first kappa shape index (κ1) is 12.3. The zero-order valence-corrected chi connectivity index (χ0v) is 9.83. The van der Waals surface area contributed by atoms with Crippen LogP contribution in [-0.2, 0) is 6.42 Å². The summed E-state index contributed by atoms with van der Waals surface area (Å²) in [5.41, 5.74) is 2.03. The van der Waals surface area contributed by atoms with Crippen LogP contribution in [0.5, 0.6) is 5.75 Å². The summed E-state index contributed by atoms with van der Waals surface area (Å²) in [6, 6.07) is 5.49. The number of nitriles is 1. The van der Waals surface area contributed by atoms with Crippen LogP contribution in [0.2, 0.25) is 0 Å². The Kier molecular flexibility index (Phi) is 4.07. The quantitative estimate of drug-likeness (QED) is 0.728. The molecule has 0 unspecified atom stereocenters. The van der Waals surface area contributed by atoms with E-state index in [1.165, 1.54) is 6.92 Å². The van der Waals surface area contributed by atoms with Crippen LogP contribution in [0.3, 0.4) is 0 Å². The van der Waals surface area contributed by atoms with E-state index in [1.54, 1.807) is 12.1 Å². The predicted molar refractivity (Wildman–Crippen MR) is 61.7 cm³/mol. The van der Waals surface area contributed by atoms with E-state index in [1.807, 2.05) is 13.8 Å². The highest BCUT2D eigenvalue weighted by Gasteiger charge is 2.12. The number of aryl methyl sites for hydroxylation is 1. The number of rotatable bonds is 4. The Balaban J connectivity index is 3.36. The van der Waals surface area contributed by atoms with Gasteiger partial charge in [0.15, 0.2) is 5.78 Å². The van der Waals surface area contributed by atoms with Gasteiger partial charge in [0.1, 0.15) is 11.8 Å². The number of carbonyl (C=O) groups excluding carboxylic acids is 1. The lowest BCUT2D eigenvalue weighted by Gasteiger charge is -2.10. The summed E-state index contributed by atoms with van der Waals surface area (Å²) in [7, 11) is 0. The van der Waals surface area contributed by atoms with Crippen molar-refractivity contribution in [2.45, 2.75) is 27.2 Å². The van der Waals surface area contributed by atoms with Gasteiger partial charge in [0, 0.05) is 5.56 Å². The topological polar surface area (TPSA) is 50.1 Å². The van der Waals surface area contributed by atoms with Crippen molar-refractivity contribution < 1.29 is 9.53 Å². The molecular weight excluding hydrogens is 202 g/mol. The number of ether oxygens (including phenoxy) is 1. The minimum atomic E-state index is 0.00212. The SMILES string of the molecule is CCOc1cc(C(C)=O)c(CC)cc1C#N. The number of nitrogens with zero attached hydrogens (tertiary/aromatic N) is 1. The molecule has 1 aromatic carbocycles. The summed E-state index contributed by atoms with van der Waals surface area (Å²) in [6.07, 6.45) is 0.732. The summed E-state index contributed by atoms with van der Waals surface area (Å²) in [4.78, 5) is 11.4. The van der Waals surface area contributed by atoms with Crippen molar-refractivity contribution in [2.75, 3.05) is 6.61 Å². The van der Waals surface area contributed by atoms with E-state index in [4.69, 9.17) is 10.00 Å². The van der Waals surface area contributed by atoms with Gasteiger partial charge in [-0.2, -0.15) is 5.26 Å². The van der Waals surface area contributed by atoms with Gasteiger partial charge in [-0.05, 0) is 38.0 Å². The standard InChI is InChI=1S/C13H15NO2/c1-4-10-6-11(8-14)13(16-5-2)7-12(10)9(3)15/h6-7H,4-5H2,1-3H3. The molecule has 1 rings (SSSR count). The molecule has 0 saturated carbocycles. The van der Waals surface area contributed by atoms with E-state index in [2.05, 4.69) is 6.07 Å². The van der Waals surface area contributed by atoms with Gasteiger partial charge in [-0.15, -0.1) is 0 Å². The molecule has 3 heteroatoms. The van der Waals surface area contributed by atoms with Gasteiger partial charge in [0.2, 0.25) is 0 Å². The Bertz CT molecular complexity index is 444. The first-order chi connectivity index (χ1) is 7.63. The molecule has 0 atom stereocenters. The van der Waals surface area contributed by atoms with Gasteiger partial charge < -0.3 is 4.74 Å². The molecule has 0 amide bonds. The number of carbonyl (C=O) groups is 1. The van der Waals surface area contributed by atoms with Crippen LogP contribution in [0.25, 0.3) is 0 Å². The lowest BCUT2D eigenvalue weighted by molar-refractivity contribution is 0.101. The highest BCUT2D eigenvalue weighted by Crippen LogP contribution is 2.24. The van der Waals surface area contributed by atoms with E-state index < -0.39 is 0 Å². The third-order valence-corrected chi connectivity index (χ3v) is 2.39. The van der Waals surface area contributed by atoms with Crippen LogP contribution in [0.15, 0.2) is 12.1 Å². The van der Waals surface area contributed by atoms with Crippen LogP contribution in [-0.4, -0.2) is 12.4 Å². The summed E-state index contributed by atoms with van der Waals surface area (Å²) in [5, 5.41) is 8.98. The van der Waals surface area contributed by atoms with Crippen molar-refractivity contribution in [2.24, 2.45) is 0 Å². The van der Waals surface area contributed by atoms with Gasteiger partial charge in [0.25, 0.3) is 0 Å². The van der Waals surface area contributed by atoms with Crippen LogP contribution < -0.4 is 4.74 Å². The first-order valence-corrected chi connectivity index (χ1v) is 5.34. The van der Waals surface area contributed by atoms with Gasteiger partial charge in [-0.25, -0.2) is 0 Å². The molecule has 0 radical (unpaired) electrons. The second-order valence-electron chi connectivity index (χ2n) is 3.46. The fourth-order valence-corrected chi connectivity index (χ4v) is 1.61. The van der Waals surface area contributed by atoms with E-state index >= 15 is 0 Å². The van der Waals surface area contributed by atoms with Gasteiger partial charge in [-0.3, -0.25) is 4.79 Å². The monoisotopic (exact) mass is 217 g/mol. The summed E-state index contributed by atoms with van der Waals surface area (Å²) >= 11 is 0. The summed E-state index contributed by atoms with van der Waals surface area (Å²) in [5.74, 6) is 0.495. The first-order valence-electron chi connectivity index (χ1n) is 5.34. The fourth-order valence-electron chi connectivity index (χ4n) is 1.61. The number of ketones is 1. The molecular formula is C13H15NO2. The smallest absolute Gasteiger partial charge is 0.160 e. The van der Waals surface area contributed by atoms with Crippen molar-refractivity contribution in [3.8, 4) is 11.8 Å². The molecule has 0 spiro atoms. The molecule has 84 valence electrons. The molecule has 1 aromatic rings. The predicted octanol–water partition coefficient (Wildman–Crippen LogP) is 2.72. The third-order valence-electron chi connectivity index (χ3n) is 2.39. The zero-order valence-electron chi connectivity index (χ0n) is 9.83. The maximum atomic E-state index is 11.4. The molecule has 16 heavy (non-hydrogen) atoms. The number of hydrogen-bond acceptors (Lipinski definition) is 3. The largest absolute Gasteiger partial charge is 0.492 e. The van der Waals surface area contributed by atoms with E-state index in [0.717, 1.165) is 12.0 Å². The van der Waals surface area contributed by atoms with Crippen molar-refractivity contribution in [1.29, 1.82) is 5.26 Å². The lowest BCUT2D eigenvalue weighted by Crippen LogP contribution is -2.03. The zero-order chi connectivity index (χ0) is 12.1. The van der Waals surface area contributed by atoms with Gasteiger partial charge >= 0.3 is 0 Å². The van der Waals surface area contributed by atoms with Gasteiger partial charge in [-0.1, -0.05) is 6.92 Å². The van der Waals surface area contributed by atoms with Crippen molar-refractivity contribution in [3.05, 3.63) is 28.8 Å². The lowest BCUT2D eigenvalue weighted by atomic mass is 9.99. The summed E-state index contributed by atoms with van der Waals surface area (Å²) in [6.45, 7) is 5.82. The van der Waals surface area contributed by atoms with E-state index in [-0.39, 0.29) is 5.78 Å². The third kappa shape index (κ3) is 2.40. The van der Waals surface area contributed by atoms with Crippen LogP contribution in [0, 0.1) is 11.3 Å². The van der Waals surface area contributed by atoms with E-state index in [0.29, 0.717) is 23.5 Å². The maximum absolute atomic E-state index is 11.4. The van der Waals surface area contributed by atoms with Crippen LogP contribution >= 0.6 is 0 Å². The molecule has 0 fully saturated rings. The number of Topliss-reactive ketones (excluding diaryl/α,β-unsaturated/α-hetero) is 1. The molecule has 0 aliphatic heterocycles. The fraction of sp³-hybridized carbons (Fsp3) is 0.385. The Morgan fingerprint density at radius 1 is 1.44 bits per heavy atom. The Morgan fingerprint density at radius 2 is 2.12 bits per heavy atom. The molecule has 0 aromatic heterocycles. The normalized spacial score (nSPS) is 9.62. The molecule has 0 N–H and O–H groups in total. The average molecular weight is 217 g/mol. The van der Waals surface area contributed by atoms with Crippen LogP contribution in [0.4, 0.5) is 0 Å². The highest BCUT2D eigenvalue weighted by molar-refractivity contribution is 5.96. The second-order valence-corrected chi connectivity index (χ2v) is 3.46. The van der Waals surface area contributed by atoms with E-state index in [9.17, 15) is 4.79 Å². The minimum Gasteiger partial charge on any atom is -0.492 e. The molecule has 0 bridgehead atoms. The average Bonchev–Trinajstić information content (AvgIpc) is 2.28. The minimum absolute atomic E-state index is 0.00212. The molecule has 0 aliphatic carbocycles. The van der Waals surface area contributed by atoms with Crippen LogP contribution in [0.1, 0.15) is 42.3 Å². The molecule has 3 nitrogen and oxygen atoms in total. The van der Waals surface area contributed by atoms with Crippen molar-refractivity contribution in [1.82, 2.24) is 0 Å². The Hall–Kier alpha value is -1.82. The molecule has 0 aliphatic rings. The Labute approximate surface area is 95.7 Å². The second kappa shape index (κ2) is 5.32. The highest BCUT2D eigenvalue weighted by atomic mass is 16.5. The number of benzene rings is 1. The summed E-state index contributed by atoms with van der Waals surface area (Å²) < 4.78 is 5.34. The Morgan fingerprint density at radius 3 is 2.56 bits per heavy atom. The number of hydrogen-bond donors (Lipinski definition) is 0. The van der Waals surface area contributed by atoms with Crippen molar-refractivity contribution >= 4 is 5.78 Å². The van der Waals surface area contributed by atoms with Gasteiger partial charge in [0.05, 0.1) is 12.2 Å².